The number of hydrogen-bond acceptors (Lipinski definition) is 3. The predicted octanol–water partition coefficient (Wildman–Crippen LogP) is 2.81. The van der Waals surface area contributed by atoms with E-state index in [4.69, 9.17) is 5.26 Å². The van der Waals surface area contributed by atoms with E-state index in [-0.39, 0.29) is 10.6 Å². The number of hydrogen-bond donors (Lipinski definition) is 1. The molecule has 0 radical (unpaired) electrons. The van der Waals surface area contributed by atoms with Crippen LogP contribution < -0.4 is 4.72 Å². The molecule has 20 heavy (non-hydrogen) atoms. The molecule has 0 bridgehead atoms. The highest BCUT2D eigenvalue weighted by molar-refractivity contribution is 7.92. The van der Waals surface area contributed by atoms with Crippen LogP contribution in [0.5, 0.6) is 0 Å². The Kier molecular flexibility index (Phi) is 3.72. The van der Waals surface area contributed by atoms with Crippen LogP contribution in [0.4, 0.5) is 10.1 Å². The van der Waals surface area contributed by atoms with Gasteiger partial charge in [-0.2, -0.15) is 5.26 Å². The molecule has 0 saturated carbocycles. The molecule has 6 heteroatoms. The topological polar surface area (TPSA) is 70.0 Å². The molecule has 102 valence electrons. The summed E-state index contributed by atoms with van der Waals surface area (Å²) in [6, 6.07) is 11.5. The smallest absolute Gasteiger partial charge is 0.262 e. The minimum absolute atomic E-state index is 0.125. The highest BCUT2D eigenvalue weighted by Crippen LogP contribution is 2.20. The first-order valence-electron chi connectivity index (χ1n) is 5.71. The molecular weight excluding hydrogens is 279 g/mol. The van der Waals surface area contributed by atoms with Crippen molar-refractivity contribution in [1.29, 1.82) is 5.26 Å². The lowest BCUT2D eigenvalue weighted by Gasteiger charge is -2.10. The molecule has 2 aromatic rings. The number of nitrogens with zero attached hydrogens (tertiary/aromatic N) is 1. The molecule has 0 saturated heterocycles. The predicted molar refractivity (Wildman–Crippen MR) is 73.1 cm³/mol. The summed E-state index contributed by atoms with van der Waals surface area (Å²) in [5, 5.41) is 8.78. The highest BCUT2D eigenvalue weighted by Gasteiger charge is 2.17. The molecule has 2 aromatic carbocycles. The molecule has 0 atom stereocenters. The molecule has 0 fully saturated rings. The van der Waals surface area contributed by atoms with Crippen LogP contribution in [0.15, 0.2) is 47.4 Å². The molecule has 1 N–H and O–H groups in total. The Hall–Kier alpha value is -2.39. The van der Waals surface area contributed by atoms with E-state index in [9.17, 15) is 12.8 Å². The average Bonchev–Trinajstić information content (AvgIpc) is 2.41. The summed E-state index contributed by atoms with van der Waals surface area (Å²) in [6.45, 7) is 1.58. The standard InChI is InChI=1S/C14H11FN2O2S/c1-10-5-6-12(15)8-14(10)20(18,19)17-13-4-2-3-11(7-13)9-16/h2-8,17H,1H3. The zero-order chi connectivity index (χ0) is 14.8. The van der Waals surface area contributed by atoms with Crippen molar-refractivity contribution in [2.75, 3.05) is 4.72 Å². The van der Waals surface area contributed by atoms with E-state index in [1.54, 1.807) is 19.1 Å². The molecule has 2 rings (SSSR count). The molecule has 0 unspecified atom stereocenters. The highest BCUT2D eigenvalue weighted by atomic mass is 32.2. The number of nitrogens with one attached hydrogen (secondary N) is 1. The van der Waals surface area contributed by atoms with E-state index in [0.717, 1.165) is 6.07 Å². The molecule has 0 aliphatic carbocycles. The summed E-state index contributed by atoms with van der Waals surface area (Å²) in [4.78, 5) is -0.125. The van der Waals surface area contributed by atoms with Crippen molar-refractivity contribution in [1.82, 2.24) is 0 Å². The summed E-state index contributed by atoms with van der Waals surface area (Å²) in [5.74, 6) is -0.623. The number of rotatable bonds is 3. The molecular formula is C14H11FN2O2S. The van der Waals surface area contributed by atoms with Crippen molar-refractivity contribution < 1.29 is 12.8 Å². The molecule has 0 amide bonds. The maximum absolute atomic E-state index is 13.2. The van der Waals surface area contributed by atoms with E-state index >= 15 is 0 Å². The number of nitriles is 1. The van der Waals surface area contributed by atoms with Gasteiger partial charge in [-0.1, -0.05) is 12.1 Å². The van der Waals surface area contributed by atoms with Gasteiger partial charge in [0, 0.05) is 0 Å². The van der Waals surface area contributed by atoms with E-state index < -0.39 is 15.8 Å². The lowest BCUT2D eigenvalue weighted by atomic mass is 10.2. The third-order valence-electron chi connectivity index (χ3n) is 2.68. The first-order chi connectivity index (χ1) is 9.42. The zero-order valence-corrected chi connectivity index (χ0v) is 11.4. The van der Waals surface area contributed by atoms with E-state index in [1.165, 1.54) is 24.3 Å². The van der Waals surface area contributed by atoms with Gasteiger partial charge in [0.15, 0.2) is 0 Å². The van der Waals surface area contributed by atoms with Gasteiger partial charge in [-0.3, -0.25) is 4.72 Å². The lowest BCUT2D eigenvalue weighted by Crippen LogP contribution is -2.14. The van der Waals surface area contributed by atoms with Crippen molar-refractivity contribution in [3.05, 3.63) is 59.4 Å². The Labute approximate surface area is 116 Å². The van der Waals surface area contributed by atoms with Crippen molar-refractivity contribution in [2.45, 2.75) is 11.8 Å². The van der Waals surface area contributed by atoms with Crippen LogP contribution in [-0.4, -0.2) is 8.42 Å². The van der Waals surface area contributed by atoms with Crippen molar-refractivity contribution in [2.24, 2.45) is 0 Å². The third kappa shape index (κ3) is 2.95. The van der Waals surface area contributed by atoms with Crippen LogP contribution in [-0.2, 0) is 10.0 Å². The summed E-state index contributed by atoms with van der Waals surface area (Å²) in [6.07, 6.45) is 0. The van der Waals surface area contributed by atoms with Crippen molar-refractivity contribution >= 4 is 15.7 Å². The van der Waals surface area contributed by atoms with Gasteiger partial charge in [-0.15, -0.1) is 0 Å². The molecule has 0 aliphatic rings. The van der Waals surface area contributed by atoms with Gasteiger partial charge in [0.25, 0.3) is 10.0 Å². The molecule has 0 aromatic heterocycles. The van der Waals surface area contributed by atoms with E-state index in [2.05, 4.69) is 4.72 Å². The van der Waals surface area contributed by atoms with Crippen LogP contribution in [0.2, 0.25) is 0 Å². The fourth-order valence-electron chi connectivity index (χ4n) is 1.73. The minimum Gasteiger partial charge on any atom is -0.280 e. The van der Waals surface area contributed by atoms with Crippen LogP contribution in [0.25, 0.3) is 0 Å². The Balaban J connectivity index is 2.41. The second-order valence-electron chi connectivity index (χ2n) is 4.21. The van der Waals surface area contributed by atoms with Gasteiger partial charge in [-0.25, -0.2) is 12.8 Å². The minimum atomic E-state index is -3.89. The second-order valence-corrected chi connectivity index (χ2v) is 5.86. The van der Waals surface area contributed by atoms with Gasteiger partial charge in [0.2, 0.25) is 0 Å². The average molecular weight is 290 g/mol. The summed E-state index contributed by atoms with van der Waals surface area (Å²) in [7, 11) is -3.89. The monoisotopic (exact) mass is 290 g/mol. The van der Waals surface area contributed by atoms with E-state index in [0.29, 0.717) is 11.1 Å². The SMILES string of the molecule is Cc1ccc(F)cc1S(=O)(=O)Nc1cccc(C#N)c1. The summed E-state index contributed by atoms with van der Waals surface area (Å²) < 4.78 is 40.0. The van der Waals surface area contributed by atoms with Gasteiger partial charge in [-0.05, 0) is 42.8 Å². The maximum Gasteiger partial charge on any atom is 0.262 e. The first-order valence-corrected chi connectivity index (χ1v) is 7.20. The maximum atomic E-state index is 13.2. The van der Waals surface area contributed by atoms with Crippen molar-refractivity contribution in [3.8, 4) is 6.07 Å². The third-order valence-corrected chi connectivity index (χ3v) is 4.21. The number of anilines is 1. The number of aryl methyl sites for hydroxylation is 1. The lowest BCUT2D eigenvalue weighted by molar-refractivity contribution is 0.594. The number of sulfonamides is 1. The normalized spacial score (nSPS) is 10.8. The molecule has 4 nitrogen and oxygen atoms in total. The summed E-state index contributed by atoms with van der Waals surface area (Å²) >= 11 is 0. The Morgan fingerprint density at radius 2 is 1.95 bits per heavy atom. The largest absolute Gasteiger partial charge is 0.280 e. The van der Waals surface area contributed by atoms with Crippen molar-refractivity contribution in [3.63, 3.8) is 0 Å². The molecule has 0 heterocycles. The second kappa shape index (κ2) is 5.31. The first kappa shape index (κ1) is 14.0. The van der Waals surface area contributed by atoms with Crippen LogP contribution in [0.1, 0.15) is 11.1 Å². The molecule has 0 spiro atoms. The van der Waals surface area contributed by atoms with Gasteiger partial charge >= 0.3 is 0 Å². The van der Waals surface area contributed by atoms with Gasteiger partial charge in [0.1, 0.15) is 5.82 Å². The molecule has 0 aliphatic heterocycles. The van der Waals surface area contributed by atoms with Crippen LogP contribution in [0.3, 0.4) is 0 Å². The quantitative estimate of drug-likeness (QED) is 0.945. The van der Waals surface area contributed by atoms with Gasteiger partial charge in [0.05, 0.1) is 22.2 Å². The Bertz CT molecular complexity index is 795. The van der Waals surface area contributed by atoms with Crippen LogP contribution in [0, 0.1) is 24.1 Å². The van der Waals surface area contributed by atoms with Gasteiger partial charge < -0.3 is 0 Å². The fourth-order valence-corrected chi connectivity index (χ4v) is 3.03. The fraction of sp³-hybridized carbons (Fsp3) is 0.0714. The van der Waals surface area contributed by atoms with E-state index in [1.807, 2.05) is 6.07 Å². The summed E-state index contributed by atoms with van der Waals surface area (Å²) in [5.41, 5.74) is 1.03. The Morgan fingerprint density at radius 3 is 2.65 bits per heavy atom. The number of halogens is 1. The zero-order valence-electron chi connectivity index (χ0n) is 10.6. The van der Waals surface area contributed by atoms with Crippen LogP contribution >= 0.6 is 0 Å². The Morgan fingerprint density at radius 1 is 1.20 bits per heavy atom. The number of benzene rings is 2.